The van der Waals surface area contributed by atoms with E-state index in [9.17, 15) is 4.79 Å². The summed E-state index contributed by atoms with van der Waals surface area (Å²) in [5.74, 6) is 0.115. The van der Waals surface area contributed by atoms with E-state index in [1.165, 1.54) is 0 Å². The molecule has 1 unspecified atom stereocenters. The minimum atomic E-state index is -0.475. The first kappa shape index (κ1) is 11.1. The SMILES string of the molecule is CC(C)(N)c1cn(CC2CCC(=O)N2)nn1. The summed E-state index contributed by atoms with van der Waals surface area (Å²) in [6, 6.07) is 0.169. The van der Waals surface area contributed by atoms with Crippen LogP contribution in [0.15, 0.2) is 6.20 Å². The van der Waals surface area contributed by atoms with E-state index in [1.807, 2.05) is 20.0 Å². The Kier molecular flexibility index (Phi) is 2.67. The highest BCUT2D eigenvalue weighted by Gasteiger charge is 2.23. The monoisotopic (exact) mass is 223 g/mol. The van der Waals surface area contributed by atoms with Gasteiger partial charge in [0, 0.05) is 12.5 Å². The third-order valence-corrected chi connectivity index (χ3v) is 2.69. The predicted molar refractivity (Wildman–Crippen MR) is 58.4 cm³/mol. The zero-order valence-electron chi connectivity index (χ0n) is 9.60. The highest BCUT2D eigenvalue weighted by atomic mass is 16.1. The molecule has 88 valence electrons. The Labute approximate surface area is 94.2 Å². The molecule has 1 aromatic heterocycles. The summed E-state index contributed by atoms with van der Waals surface area (Å²) in [6.07, 6.45) is 3.30. The van der Waals surface area contributed by atoms with Crippen LogP contribution in [0.25, 0.3) is 0 Å². The van der Waals surface area contributed by atoms with Gasteiger partial charge in [-0.3, -0.25) is 9.48 Å². The number of hydrogen-bond acceptors (Lipinski definition) is 4. The fourth-order valence-corrected chi connectivity index (χ4v) is 1.72. The van der Waals surface area contributed by atoms with E-state index in [1.54, 1.807) is 4.68 Å². The van der Waals surface area contributed by atoms with Gasteiger partial charge in [-0.2, -0.15) is 0 Å². The highest BCUT2D eigenvalue weighted by molar-refractivity contribution is 5.78. The molecule has 1 aliphatic heterocycles. The molecule has 6 nitrogen and oxygen atoms in total. The molecule has 1 aliphatic rings. The van der Waals surface area contributed by atoms with Gasteiger partial charge in [-0.05, 0) is 20.3 Å². The van der Waals surface area contributed by atoms with Gasteiger partial charge in [0.05, 0.1) is 18.3 Å². The van der Waals surface area contributed by atoms with Gasteiger partial charge in [-0.25, -0.2) is 0 Å². The van der Waals surface area contributed by atoms with Crippen molar-refractivity contribution in [2.24, 2.45) is 5.73 Å². The van der Waals surface area contributed by atoms with Gasteiger partial charge in [0.1, 0.15) is 5.69 Å². The van der Waals surface area contributed by atoms with Crippen LogP contribution in [-0.4, -0.2) is 26.9 Å². The first-order chi connectivity index (χ1) is 7.45. The van der Waals surface area contributed by atoms with Crippen LogP contribution in [0.3, 0.4) is 0 Å². The molecule has 0 spiro atoms. The second-order valence-electron chi connectivity index (χ2n) is 4.85. The third-order valence-electron chi connectivity index (χ3n) is 2.69. The zero-order chi connectivity index (χ0) is 11.8. The molecule has 1 amide bonds. The number of hydrogen-bond donors (Lipinski definition) is 2. The second-order valence-corrected chi connectivity index (χ2v) is 4.85. The molecule has 0 radical (unpaired) electrons. The van der Waals surface area contributed by atoms with Crippen molar-refractivity contribution in [3.05, 3.63) is 11.9 Å². The largest absolute Gasteiger partial charge is 0.351 e. The number of nitrogens with two attached hydrogens (primary N) is 1. The van der Waals surface area contributed by atoms with Crippen molar-refractivity contribution in [1.29, 1.82) is 0 Å². The summed E-state index contributed by atoms with van der Waals surface area (Å²) in [4.78, 5) is 11.0. The molecule has 2 heterocycles. The normalized spacial score (nSPS) is 21.2. The molecule has 2 rings (SSSR count). The standard InChI is InChI=1S/C10H17N5O/c1-10(2,11)8-6-15(14-13-8)5-7-3-4-9(16)12-7/h6-7H,3-5,11H2,1-2H3,(H,12,16). The predicted octanol–water partition coefficient (Wildman–Crippen LogP) is -0.249. The zero-order valence-corrected chi connectivity index (χ0v) is 9.60. The van der Waals surface area contributed by atoms with Crippen LogP contribution in [0.5, 0.6) is 0 Å². The Hall–Kier alpha value is -1.43. The molecule has 6 heteroatoms. The average molecular weight is 223 g/mol. The van der Waals surface area contributed by atoms with Crippen molar-refractivity contribution in [2.75, 3.05) is 0 Å². The lowest BCUT2D eigenvalue weighted by molar-refractivity contribution is -0.119. The van der Waals surface area contributed by atoms with Crippen molar-refractivity contribution in [3.63, 3.8) is 0 Å². The van der Waals surface area contributed by atoms with E-state index in [2.05, 4.69) is 15.6 Å². The van der Waals surface area contributed by atoms with Crippen molar-refractivity contribution < 1.29 is 4.79 Å². The van der Waals surface area contributed by atoms with Gasteiger partial charge in [-0.15, -0.1) is 5.10 Å². The summed E-state index contributed by atoms with van der Waals surface area (Å²) >= 11 is 0. The lowest BCUT2D eigenvalue weighted by Gasteiger charge is -2.13. The number of nitrogens with zero attached hydrogens (tertiary/aromatic N) is 3. The number of nitrogens with one attached hydrogen (secondary N) is 1. The summed E-state index contributed by atoms with van der Waals surface area (Å²) in [6.45, 7) is 4.44. The third kappa shape index (κ3) is 2.38. The quantitative estimate of drug-likeness (QED) is 0.740. The summed E-state index contributed by atoms with van der Waals surface area (Å²) in [7, 11) is 0. The maximum Gasteiger partial charge on any atom is 0.220 e. The van der Waals surface area contributed by atoms with Crippen molar-refractivity contribution in [2.45, 2.75) is 44.8 Å². The summed E-state index contributed by atoms with van der Waals surface area (Å²) in [5, 5.41) is 10.9. The lowest BCUT2D eigenvalue weighted by Crippen LogP contribution is -2.30. The highest BCUT2D eigenvalue weighted by Crippen LogP contribution is 2.14. The number of aromatic nitrogens is 3. The number of carbonyl (C=O) groups is 1. The molecule has 0 aliphatic carbocycles. The molecule has 1 fully saturated rings. The van der Waals surface area contributed by atoms with E-state index in [4.69, 9.17) is 5.73 Å². The van der Waals surface area contributed by atoms with Crippen LogP contribution >= 0.6 is 0 Å². The van der Waals surface area contributed by atoms with Gasteiger partial charge in [0.15, 0.2) is 0 Å². The van der Waals surface area contributed by atoms with Gasteiger partial charge < -0.3 is 11.1 Å². The molecule has 1 saturated heterocycles. The number of rotatable bonds is 3. The molecular weight excluding hydrogens is 206 g/mol. The minimum absolute atomic E-state index is 0.115. The van der Waals surface area contributed by atoms with Crippen molar-refractivity contribution in [3.8, 4) is 0 Å². The van der Waals surface area contributed by atoms with Crippen LogP contribution in [0.1, 0.15) is 32.4 Å². The second kappa shape index (κ2) is 3.86. The Morgan fingerprint density at radius 3 is 2.94 bits per heavy atom. The van der Waals surface area contributed by atoms with Crippen molar-refractivity contribution in [1.82, 2.24) is 20.3 Å². The maximum atomic E-state index is 11.0. The molecule has 3 N–H and O–H groups in total. The van der Waals surface area contributed by atoms with Crippen LogP contribution in [0.2, 0.25) is 0 Å². The first-order valence-corrected chi connectivity index (χ1v) is 5.44. The van der Waals surface area contributed by atoms with Crippen molar-refractivity contribution >= 4 is 5.91 Å². The van der Waals surface area contributed by atoms with Gasteiger partial charge in [0.25, 0.3) is 0 Å². The fraction of sp³-hybridized carbons (Fsp3) is 0.700. The average Bonchev–Trinajstić information content (AvgIpc) is 2.74. The fourth-order valence-electron chi connectivity index (χ4n) is 1.72. The smallest absolute Gasteiger partial charge is 0.220 e. The van der Waals surface area contributed by atoms with Crippen LogP contribution < -0.4 is 11.1 Å². The topological polar surface area (TPSA) is 85.8 Å². The Morgan fingerprint density at radius 1 is 1.69 bits per heavy atom. The first-order valence-electron chi connectivity index (χ1n) is 5.44. The number of carbonyl (C=O) groups excluding carboxylic acids is 1. The minimum Gasteiger partial charge on any atom is -0.351 e. The van der Waals surface area contributed by atoms with E-state index in [-0.39, 0.29) is 11.9 Å². The van der Waals surface area contributed by atoms with Gasteiger partial charge in [-0.1, -0.05) is 5.21 Å². The molecule has 16 heavy (non-hydrogen) atoms. The molecule has 1 aromatic rings. The van der Waals surface area contributed by atoms with Crippen LogP contribution in [-0.2, 0) is 16.9 Å². The maximum absolute atomic E-state index is 11.0. The van der Waals surface area contributed by atoms with Crippen LogP contribution in [0.4, 0.5) is 0 Å². The van der Waals surface area contributed by atoms with E-state index in [0.29, 0.717) is 13.0 Å². The van der Waals surface area contributed by atoms with Gasteiger partial charge in [0.2, 0.25) is 5.91 Å². The lowest BCUT2D eigenvalue weighted by atomic mass is 10.0. The summed E-state index contributed by atoms with van der Waals surface area (Å²) in [5.41, 5.74) is 6.20. The summed E-state index contributed by atoms with van der Waals surface area (Å²) < 4.78 is 1.74. The Morgan fingerprint density at radius 2 is 2.44 bits per heavy atom. The van der Waals surface area contributed by atoms with E-state index >= 15 is 0 Å². The Balaban J connectivity index is 2.00. The molecular formula is C10H17N5O. The van der Waals surface area contributed by atoms with E-state index < -0.39 is 5.54 Å². The molecule has 1 atom stereocenters. The van der Waals surface area contributed by atoms with Crippen LogP contribution in [0, 0.1) is 0 Å². The molecule has 0 bridgehead atoms. The molecule has 0 saturated carbocycles. The Bertz CT molecular complexity index is 392. The van der Waals surface area contributed by atoms with E-state index in [0.717, 1.165) is 12.1 Å². The molecule has 0 aromatic carbocycles. The number of amides is 1. The van der Waals surface area contributed by atoms with Gasteiger partial charge >= 0.3 is 0 Å².